The molecule has 6 heteroatoms. The predicted molar refractivity (Wildman–Crippen MR) is 153 cm³/mol. The van der Waals surface area contributed by atoms with Crippen molar-refractivity contribution in [2.24, 2.45) is 0 Å². The largest absolute Gasteiger partial charge is 0.340 e. The first-order valence-electron chi connectivity index (χ1n) is 12.0. The fraction of sp³-hybridized carbons (Fsp3) is 0.310. The number of fused-ring (bicyclic) bond motifs is 1. The molecule has 1 N–H and O–H groups in total. The Morgan fingerprint density at radius 1 is 0.829 bits per heavy atom. The lowest BCUT2D eigenvalue weighted by molar-refractivity contribution is 0.190. The molecule has 5 rings (SSSR count). The minimum atomic E-state index is 0. The zero-order valence-corrected chi connectivity index (χ0v) is 22.5. The molecule has 3 aromatic carbocycles. The molecule has 0 atom stereocenters. The SMILES string of the molecule is Cc1c(CNC2CCN(Cc3ccccc3)CC2)c2ccccc2n1Cc1ccccc1Cl.Cl.Cl. The first kappa shape index (κ1) is 27.6. The molecule has 1 aliphatic rings. The Balaban J connectivity index is 0.00000171. The van der Waals surface area contributed by atoms with Gasteiger partial charge in [0.15, 0.2) is 0 Å². The van der Waals surface area contributed by atoms with Crippen molar-refractivity contribution < 1.29 is 0 Å². The van der Waals surface area contributed by atoms with Gasteiger partial charge in [0.05, 0.1) is 0 Å². The van der Waals surface area contributed by atoms with Gasteiger partial charge in [0, 0.05) is 47.3 Å². The summed E-state index contributed by atoms with van der Waals surface area (Å²) in [6.07, 6.45) is 2.40. The molecule has 186 valence electrons. The van der Waals surface area contributed by atoms with Gasteiger partial charge in [-0.15, -0.1) is 24.8 Å². The van der Waals surface area contributed by atoms with E-state index < -0.39 is 0 Å². The monoisotopic (exact) mass is 529 g/mol. The van der Waals surface area contributed by atoms with Gasteiger partial charge in [-0.3, -0.25) is 4.90 Å². The molecule has 1 aliphatic heterocycles. The highest BCUT2D eigenvalue weighted by Crippen LogP contribution is 2.28. The summed E-state index contributed by atoms with van der Waals surface area (Å²) in [5.74, 6) is 0. The molecule has 0 spiro atoms. The van der Waals surface area contributed by atoms with E-state index in [1.807, 2.05) is 12.1 Å². The topological polar surface area (TPSA) is 20.2 Å². The molecular formula is C29H34Cl3N3. The first-order chi connectivity index (χ1) is 16.2. The average molecular weight is 531 g/mol. The van der Waals surface area contributed by atoms with Crippen molar-refractivity contribution in [2.75, 3.05) is 13.1 Å². The van der Waals surface area contributed by atoms with E-state index in [9.17, 15) is 0 Å². The lowest BCUT2D eigenvalue weighted by Crippen LogP contribution is -2.41. The number of rotatable bonds is 7. The molecule has 0 radical (unpaired) electrons. The molecule has 0 amide bonds. The van der Waals surface area contributed by atoms with Crippen LogP contribution < -0.4 is 5.32 Å². The van der Waals surface area contributed by atoms with Gasteiger partial charge in [-0.2, -0.15) is 0 Å². The fourth-order valence-electron chi connectivity index (χ4n) is 5.11. The highest BCUT2D eigenvalue weighted by atomic mass is 35.5. The van der Waals surface area contributed by atoms with Crippen molar-refractivity contribution in [3.8, 4) is 0 Å². The van der Waals surface area contributed by atoms with Crippen molar-refractivity contribution >= 4 is 47.3 Å². The number of piperidine rings is 1. The third-order valence-electron chi connectivity index (χ3n) is 7.05. The first-order valence-corrected chi connectivity index (χ1v) is 12.4. The molecule has 0 bridgehead atoms. The van der Waals surface area contributed by atoms with Crippen LogP contribution in [0.2, 0.25) is 5.02 Å². The number of halogens is 3. The molecule has 0 saturated carbocycles. The summed E-state index contributed by atoms with van der Waals surface area (Å²) in [5.41, 5.74) is 6.58. The van der Waals surface area contributed by atoms with Gasteiger partial charge in [-0.1, -0.05) is 78.3 Å². The van der Waals surface area contributed by atoms with Crippen LogP contribution >= 0.6 is 36.4 Å². The lowest BCUT2D eigenvalue weighted by atomic mass is 10.0. The van der Waals surface area contributed by atoms with E-state index in [2.05, 4.69) is 88.4 Å². The third kappa shape index (κ3) is 6.41. The van der Waals surface area contributed by atoms with Crippen molar-refractivity contribution in [1.29, 1.82) is 0 Å². The molecule has 1 fully saturated rings. The van der Waals surface area contributed by atoms with Crippen LogP contribution in [0.5, 0.6) is 0 Å². The molecule has 1 saturated heterocycles. The van der Waals surface area contributed by atoms with Gasteiger partial charge in [0.1, 0.15) is 0 Å². The maximum Gasteiger partial charge on any atom is 0.0493 e. The van der Waals surface area contributed by atoms with Crippen molar-refractivity contribution in [3.63, 3.8) is 0 Å². The average Bonchev–Trinajstić information content (AvgIpc) is 3.11. The van der Waals surface area contributed by atoms with Crippen LogP contribution in [0.3, 0.4) is 0 Å². The summed E-state index contributed by atoms with van der Waals surface area (Å²) in [7, 11) is 0. The second kappa shape index (κ2) is 12.8. The van der Waals surface area contributed by atoms with Crippen LogP contribution in [0.25, 0.3) is 10.9 Å². The van der Waals surface area contributed by atoms with Crippen LogP contribution in [0.4, 0.5) is 0 Å². The second-order valence-electron chi connectivity index (χ2n) is 9.18. The van der Waals surface area contributed by atoms with E-state index in [1.165, 1.54) is 40.6 Å². The minimum Gasteiger partial charge on any atom is -0.340 e. The predicted octanol–water partition coefficient (Wildman–Crippen LogP) is 7.25. The van der Waals surface area contributed by atoms with E-state index in [1.54, 1.807) is 0 Å². The zero-order valence-electron chi connectivity index (χ0n) is 20.1. The van der Waals surface area contributed by atoms with Gasteiger partial charge in [0.25, 0.3) is 0 Å². The van der Waals surface area contributed by atoms with E-state index >= 15 is 0 Å². The van der Waals surface area contributed by atoms with E-state index in [0.717, 1.165) is 43.3 Å². The number of nitrogens with one attached hydrogen (secondary N) is 1. The number of likely N-dealkylation sites (tertiary alicyclic amines) is 1. The highest BCUT2D eigenvalue weighted by molar-refractivity contribution is 6.31. The number of para-hydroxylation sites is 1. The normalized spacial score (nSPS) is 14.5. The Kier molecular flexibility index (Phi) is 10.1. The van der Waals surface area contributed by atoms with Crippen LogP contribution in [-0.2, 0) is 19.6 Å². The van der Waals surface area contributed by atoms with Gasteiger partial charge < -0.3 is 9.88 Å². The molecule has 0 unspecified atom stereocenters. The van der Waals surface area contributed by atoms with Crippen LogP contribution in [0.15, 0.2) is 78.9 Å². The number of hydrogen-bond acceptors (Lipinski definition) is 2. The van der Waals surface area contributed by atoms with Crippen molar-refractivity contribution in [1.82, 2.24) is 14.8 Å². The van der Waals surface area contributed by atoms with E-state index in [4.69, 9.17) is 11.6 Å². The van der Waals surface area contributed by atoms with Crippen molar-refractivity contribution in [3.05, 3.63) is 106 Å². The third-order valence-corrected chi connectivity index (χ3v) is 7.42. The smallest absolute Gasteiger partial charge is 0.0493 e. The molecule has 2 heterocycles. The number of aromatic nitrogens is 1. The summed E-state index contributed by atoms with van der Waals surface area (Å²) in [4.78, 5) is 2.58. The summed E-state index contributed by atoms with van der Waals surface area (Å²) in [5, 5.41) is 6.05. The fourth-order valence-corrected chi connectivity index (χ4v) is 5.31. The van der Waals surface area contributed by atoms with Gasteiger partial charge in [-0.25, -0.2) is 0 Å². The maximum atomic E-state index is 6.48. The Morgan fingerprint density at radius 2 is 1.49 bits per heavy atom. The zero-order chi connectivity index (χ0) is 22.6. The summed E-state index contributed by atoms with van der Waals surface area (Å²) >= 11 is 6.48. The number of hydrogen-bond donors (Lipinski definition) is 1. The Hall–Kier alpha value is -2.01. The second-order valence-corrected chi connectivity index (χ2v) is 9.58. The van der Waals surface area contributed by atoms with Gasteiger partial charge >= 0.3 is 0 Å². The maximum absolute atomic E-state index is 6.48. The van der Waals surface area contributed by atoms with E-state index in [0.29, 0.717) is 6.04 Å². The minimum absolute atomic E-state index is 0. The summed E-state index contributed by atoms with van der Waals surface area (Å²) in [6, 6.07) is 28.3. The van der Waals surface area contributed by atoms with Gasteiger partial charge in [0.2, 0.25) is 0 Å². The van der Waals surface area contributed by atoms with E-state index in [-0.39, 0.29) is 24.8 Å². The summed E-state index contributed by atoms with van der Waals surface area (Å²) < 4.78 is 2.41. The van der Waals surface area contributed by atoms with Crippen LogP contribution in [0, 0.1) is 6.92 Å². The molecule has 35 heavy (non-hydrogen) atoms. The standard InChI is InChI=1S/C29H32ClN3.2ClH/c1-22-27(19-31-25-15-17-32(18-16-25)20-23-9-3-2-4-10-23)26-12-6-8-14-29(26)33(22)21-24-11-5-7-13-28(24)30;;/h2-14,25,31H,15-21H2,1H3;2*1H. The lowest BCUT2D eigenvalue weighted by Gasteiger charge is -2.32. The molecular weight excluding hydrogens is 497 g/mol. The molecule has 1 aromatic heterocycles. The molecule has 3 nitrogen and oxygen atoms in total. The Bertz CT molecular complexity index is 1210. The Morgan fingerprint density at radius 3 is 2.23 bits per heavy atom. The number of benzene rings is 3. The van der Waals surface area contributed by atoms with Gasteiger partial charge in [-0.05, 0) is 61.7 Å². The number of nitrogens with zero attached hydrogens (tertiary/aromatic N) is 2. The quantitative estimate of drug-likeness (QED) is 0.271. The summed E-state index contributed by atoms with van der Waals surface area (Å²) in [6.45, 7) is 7.31. The van der Waals surface area contributed by atoms with Crippen LogP contribution in [-0.4, -0.2) is 28.6 Å². The van der Waals surface area contributed by atoms with Crippen molar-refractivity contribution in [2.45, 2.75) is 45.4 Å². The van der Waals surface area contributed by atoms with Crippen LogP contribution in [0.1, 0.15) is 35.2 Å². The molecule has 4 aromatic rings. The Labute approximate surface area is 226 Å². The highest BCUT2D eigenvalue weighted by Gasteiger charge is 2.20. The molecule has 0 aliphatic carbocycles.